The molecule has 0 unspecified atom stereocenters. The first-order valence-electron chi connectivity index (χ1n) is 10.2. The Morgan fingerprint density at radius 1 is 0.794 bits per heavy atom. The number of amides is 1. The first-order chi connectivity index (χ1) is 15.8. The van der Waals surface area contributed by atoms with Gasteiger partial charge in [-0.1, -0.05) is 39.0 Å². The van der Waals surface area contributed by atoms with E-state index < -0.39 is 24.0 Å². The molecule has 0 spiro atoms. The third-order valence-electron chi connectivity index (χ3n) is 4.75. The summed E-state index contributed by atoms with van der Waals surface area (Å²) in [6.07, 6.45) is -4.80. The van der Waals surface area contributed by atoms with Crippen molar-refractivity contribution in [2.75, 3.05) is 4.90 Å². The molecule has 0 saturated heterocycles. The van der Waals surface area contributed by atoms with Crippen molar-refractivity contribution < 1.29 is 37.3 Å². The van der Waals surface area contributed by atoms with Crippen molar-refractivity contribution in [3.05, 3.63) is 78.4 Å². The van der Waals surface area contributed by atoms with E-state index >= 15 is 0 Å². The van der Waals surface area contributed by atoms with Crippen LogP contribution in [0.2, 0.25) is 0 Å². The summed E-state index contributed by atoms with van der Waals surface area (Å²) in [5.41, 5.74) is 1.47. The predicted octanol–water partition coefficient (Wildman–Crippen LogP) is 6.42. The number of alkyl halides is 3. The van der Waals surface area contributed by atoms with E-state index in [2.05, 4.69) is 4.74 Å². The minimum atomic E-state index is -4.80. The van der Waals surface area contributed by atoms with Gasteiger partial charge in [0.2, 0.25) is 0 Å². The lowest BCUT2D eigenvalue weighted by Crippen LogP contribution is -2.32. The van der Waals surface area contributed by atoms with Gasteiger partial charge in [0, 0.05) is 11.8 Å². The molecule has 1 amide bonds. The van der Waals surface area contributed by atoms with Crippen molar-refractivity contribution in [3.8, 4) is 17.2 Å². The number of halogens is 3. The number of rotatable bonds is 5. The Hall–Kier alpha value is -4.01. The molecule has 0 atom stereocenters. The van der Waals surface area contributed by atoms with E-state index in [0.29, 0.717) is 5.69 Å². The maximum atomic E-state index is 12.5. The fourth-order valence-corrected chi connectivity index (χ4v) is 3.12. The van der Waals surface area contributed by atoms with E-state index in [1.165, 1.54) is 18.2 Å². The van der Waals surface area contributed by atoms with Crippen LogP contribution in [-0.4, -0.2) is 23.3 Å². The predicted molar refractivity (Wildman–Crippen MR) is 120 cm³/mol. The number of anilines is 2. The average molecular weight is 473 g/mol. The molecule has 6 nitrogen and oxygen atoms in total. The SMILES string of the molecule is CC(C)(C)c1ccc(N(C(=O)C(=O)O)c2cccc(Oc3ccc(OC(F)(F)F)cc3)c2)cc1. The van der Waals surface area contributed by atoms with Gasteiger partial charge in [-0.3, -0.25) is 9.69 Å². The molecule has 0 fully saturated rings. The van der Waals surface area contributed by atoms with Crippen LogP contribution in [0.5, 0.6) is 17.2 Å². The number of carboxylic acids is 1. The Morgan fingerprint density at radius 2 is 1.38 bits per heavy atom. The lowest BCUT2D eigenvalue weighted by molar-refractivity contribution is -0.274. The Kier molecular flexibility index (Phi) is 6.85. The molecule has 0 aliphatic heterocycles. The number of carbonyl (C=O) groups is 2. The second-order valence-electron chi connectivity index (χ2n) is 8.36. The molecular formula is C25H22F3NO5. The molecule has 34 heavy (non-hydrogen) atoms. The molecule has 178 valence electrons. The Morgan fingerprint density at radius 3 is 1.91 bits per heavy atom. The van der Waals surface area contributed by atoms with Crippen LogP contribution in [0.4, 0.5) is 24.5 Å². The molecule has 0 bridgehead atoms. The summed E-state index contributed by atoms with van der Waals surface area (Å²) in [5.74, 6) is -2.72. The molecule has 0 heterocycles. The first-order valence-corrected chi connectivity index (χ1v) is 10.2. The Balaban J connectivity index is 1.89. The summed E-state index contributed by atoms with van der Waals surface area (Å²) in [6.45, 7) is 6.10. The monoisotopic (exact) mass is 473 g/mol. The van der Waals surface area contributed by atoms with Gasteiger partial charge in [0.1, 0.15) is 17.2 Å². The van der Waals surface area contributed by atoms with Crippen LogP contribution in [-0.2, 0) is 15.0 Å². The zero-order valence-corrected chi connectivity index (χ0v) is 18.6. The number of hydrogen-bond donors (Lipinski definition) is 1. The molecule has 3 aromatic rings. The van der Waals surface area contributed by atoms with E-state index in [9.17, 15) is 27.9 Å². The van der Waals surface area contributed by atoms with Gasteiger partial charge in [-0.2, -0.15) is 0 Å². The van der Waals surface area contributed by atoms with Crippen molar-refractivity contribution in [3.63, 3.8) is 0 Å². The minimum Gasteiger partial charge on any atom is -0.474 e. The fourth-order valence-electron chi connectivity index (χ4n) is 3.12. The second kappa shape index (κ2) is 9.46. The highest BCUT2D eigenvalue weighted by atomic mass is 19.4. The third-order valence-corrected chi connectivity index (χ3v) is 4.75. The highest BCUT2D eigenvalue weighted by molar-refractivity contribution is 6.39. The van der Waals surface area contributed by atoms with E-state index in [4.69, 9.17) is 4.74 Å². The summed E-state index contributed by atoms with van der Waals surface area (Å²) in [4.78, 5) is 25.1. The Labute approximate surface area is 194 Å². The summed E-state index contributed by atoms with van der Waals surface area (Å²) in [5, 5.41) is 9.36. The molecule has 0 aliphatic rings. The summed E-state index contributed by atoms with van der Waals surface area (Å²) >= 11 is 0. The highest BCUT2D eigenvalue weighted by Gasteiger charge is 2.31. The number of ether oxygens (including phenoxy) is 2. The van der Waals surface area contributed by atoms with Crippen LogP contribution in [0.25, 0.3) is 0 Å². The Bertz CT molecular complexity index is 1170. The number of carboxylic acid groups (broad SMARTS) is 1. The summed E-state index contributed by atoms with van der Waals surface area (Å²) in [6, 6.07) is 17.9. The van der Waals surface area contributed by atoms with Crippen LogP contribution in [0, 0.1) is 0 Å². The maximum absolute atomic E-state index is 12.5. The van der Waals surface area contributed by atoms with Crippen molar-refractivity contribution in [1.82, 2.24) is 0 Å². The van der Waals surface area contributed by atoms with Crippen LogP contribution in [0.3, 0.4) is 0 Å². The van der Waals surface area contributed by atoms with Crippen molar-refractivity contribution >= 4 is 23.3 Å². The van der Waals surface area contributed by atoms with Gasteiger partial charge in [0.15, 0.2) is 0 Å². The van der Waals surface area contributed by atoms with Gasteiger partial charge < -0.3 is 14.6 Å². The largest absolute Gasteiger partial charge is 0.573 e. The molecule has 0 aromatic heterocycles. The van der Waals surface area contributed by atoms with Gasteiger partial charge in [0.05, 0.1) is 5.69 Å². The van der Waals surface area contributed by atoms with Crippen molar-refractivity contribution in [2.24, 2.45) is 0 Å². The van der Waals surface area contributed by atoms with Gasteiger partial charge in [-0.25, -0.2) is 4.79 Å². The topological polar surface area (TPSA) is 76.1 Å². The third kappa shape index (κ3) is 6.28. The lowest BCUT2D eigenvalue weighted by Gasteiger charge is -2.24. The van der Waals surface area contributed by atoms with Crippen molar-refractivity contribution in [1.29, 1.82) is 0 Å². The number of hydrogen-bond acceptors (Lipinski definition) is 4. The van der Waals surface area contributed by atoms with Crippen LogP contribution >= 0.6 is 0 Å². The van der Waals surface area contributed by atoms with E-state index in [0.717, 1.165) is 22.6 Å². The van der Waals surface area contributed by atoms with Crippen LogP contribution < -0.4 is 14.4 Å². The highest BCUT2D eigenvalue weighted by Crippen LogP contribution is 2.33. The quantitative estimate of drug-likeness (QED) is 0.433. The molecule has 3 aromatic carbocycles. The molecule has 0 aliphatic carbocycles. The molecule has 0 radical (unpaired) electrons. The van der Waals surface area contributed by atoms with Crippen LogP contribution in [0.1, 0.15) is 26.3 Å². The minimum absolute atomic E-state index is 0.130. The molecule has 1 N–H and O–H groups in total. The normalized spacial score (nSPS) is 11.6. The number of carbonyl (C=O) groups excluding carboxylic acids is 1. The van der Waals surface area contributed by atoms with Gasteiger partial charge in [0.25, 0.3) is 0 Å². The van der Waals surface area contributed by atoms with Gasteiger partial charge in [-0.05, 0) is 59.5 Å². The molecule has 9 heteroatoms. The standard InChI is InChI=1S/C25H22F3NO5/c1-24(2,3)16-7-9-17(10-8-16)29(22(30)23(31)32)18-5-4-6-21(15-18)33-19-11-13-20(14-12-19)34-25(26,27)28/h4-15H,1-3H3,(H,31,32). The first kappa shape index (κ1) is 24.6. The zero-order chi connectivity index (χ0) is 25.1. The van der Waals surface area contributed by atoms with E-state index in [1.54, 1.807) is 30.3 Å². The smallest absolute Gasteiger partial charge is 0.474 e. The van der Waals surface area contributed by atoms with Crippen molar-refractivity contribution in [2.45, 2.75) is 32.5 Å². The van der Waals surface area contributed by atoms with E-state index in [-0.39, 0.29) is 22.6 Å². The second-order valence-corrected chi connectivity index (χ2v) is 8.36. The zero-order valence-electron chi connectivity index (χ0n) is 18.6. The molecular weight excluding hydrogens is 451 g/mol. The van der Waals surface area contributed by atoms with Crippen LogP contribution in [0.15, 0.2) is 72.8 Å². The maximum Gasteiger partial charge on any atom is 0.573 e. The lowest BCUT2D eigenvalue weighted by atomic mass is 9.87. The average Bonchev–Trinajstić information content (AvgIpc) is 2.74. The molecule has 0 saturated carbocycles. The summed E-state index contributed by atoms with van der Waals surface area (Å²) < 4.78 is 46.5. The van der Waals surface area contributed by atoms with E-state index in [1.807, 2.05) is 32.9 Å². The number of aliphatic carboxylic acids is 1. The summed E-state index contributed by atoms with van der Waals surface area (Å²) in [7, 11) is 0. The number of nitrogens with zero attached hydrogens (tertiary/aromatic N) is 1. The molecule has 3 rings (SSSR count). The van der Waals surface area contributed by atoms with Gasteiger partial charge in [-0.15, -0.1) is 13.2 Å². The number of benzene rings is 3. The fraction of sp³-hybridized carbons (Fsp3) is 0.200. The van der Waals surface area contributed by atoms with Gasteiger partial charge >= 0.3 is 18.2 Å².